The van der Waals surface area contributed by atoms with Crippen LogP contribution in [0.4, 0.5) is 0 Å². The van der Waals surface area contributed by atoms with Crippen LogP contribution >= 0.6 is 25.3 Å². The zero-order valence-electron chi connectivity index (χ0n) is 10.5. The molecule has 1 unspecified atom stereocenters. The lowest BCUT2D eigenvalue weighted by Crippen LogP contribution is -2.37. The molecule has 1 N–H and O–H groups in total. The number of aromatic nitrogens is 3. The molecular weight excluding hydrogens is 282 g/mol. The summed E-state index contributed by atoms with van der Waals surface area (Å²) < 4.78 is 0.835. The Morgan fingerprint density at radius 1 is 1.47 bits per heavy atom. The Bertz CT molecular complexity index is 706. The average Bonchev–Trinajstić information content (AvgIpc) is 2.38. The maximum atomic E-state index is 12.2. The van der Waals surface area contributed by atoms with Crippen molar-refractivity contribution < 1.29 is 0 Å². The van der Waals surface area contributed by atoms with Crippen molar-refractivity contribution in [1.29, 1.82) is 0 Å². The summed E-state index contributed by atoms with van der Waals surface area (Å²) in [6, 6.07) is 3.33. The van der Waals surface area contributed by atoms with Gasteiger partial charge in [0.2, 0.25) is 0 Å². The fourth-order valence-electron chi connectivity index (χ4n) is 1.71. The predicted molar refractivity (Wildman–Crippen MR) is 82.5 cm³/mol. The molecule has 0 bridgehead atoms. The first kappa shape index (κ1) is 14.2. The van der Waals surface area contributed by atoms with Gasteiger partial charge in [-0.15, -0.1) is 0 Å². The molecule has 0 spiro atoms. The van der Waals surface area contributed by atoms with Crippen LogP contribution in [0.15, 0.2) is 27.9 Å². The standard InChI is InChI=1S/C12H15N3O2S2/c1-12(19,7-18)4-6-15-10(16)9-8(14-11(15)17)3-2-5-13-9/h2-3,5,18-19H,4,6-7H2,1H3,(H,14,17). The normalized spacial score (nSPS) is 14.5. The van der Waals surface area contributed by atoms with Gasteiger partial charge in [-0.05, 0) is 25.5 Å². The zero-order valence-corrected chi connectivity index (χ0v) is 12.2. The lowest BCUT2D eigenvalue weighted by Gasteiger charge is -2.20. The molecule has 0 amide bonds. The van der Waals surface area contributed by atoms with E-state index in [1.807, 2.05) is 6.92 Å². The van der Waals surface area contributed by atoms with Gasteiger partial charge in [-0.1, -0.05) is 0 Å². The second-order valence-electron chi connectivity index (χ2n) is 4.69. The summed E-state index contributed by atoms with van der Waals surface area (Å²) in [4.78, 5) is 30.7. The van der Waals surface area contributed by atoms with Crippen molar-refractivity contribution in [2.45, 2.75) is 24.6 Å². The molecule has 0 radical (unpaired) electrons. The van der Waals surface area contributed by atoms with Gasteiger partial charge in [0.15, 0.2) is 5.52 Å². The number of H-pyrrole nitrogens is 1. The van der Waals surface area contributed by atoms with E-state index in [2.05, 4.69) is 35.2 Å². The first-order valence-electron chi connectivity index (χ1n) is 5.86. The molecular formula is C12H15N3O2S2. The monoisotopic (exact) mass is 297 g/mol. The van der Waals surface area contributed by atoms with Crippen LogP contribution in [0.1, 0.15) is 13.3 Å². The first-order valence-corrected chi connectivity index (χ1v) is 6.94. The van der Waals surface area contributed by atoms with E-state index in [4.69, 9.17) is 0 Å². The van der Waals surface area contributed by atoms with E-state index in [9.17, 15) is 9.59 Å². The van der Waals surface area contributed by atoms with Gasteiger partial charge in [0.25, 0.3) is 5.56 Å². The Morgan fingerprint density at radius 3 is 2.89 bits per heavy atom. The summed E-state index contributed by atoms with van der Waals surface area (Å²) in [5, 5.41) is 0. The van der Waals surface area contributed by atoms with Crippen molar-refractivity contribution in [1.82, 2.24) is 14.5 Å². The Morgan fingerprint density at radius 2 is 2.21 bits per heavy atom. The molecule has 0 saturated carbocycles. The van der Waals surface area contributed by atoms with Crippen LogP contribution in [0.25, 0.3) is 11.0 Å². The number of hydrogen-bond donors (Lipinski definition) is 3. The maximum Gasteiger partial charge on any atom is 0.328 e. The summed E-state index contributed by atoms with van der Waals surface area (Å²) >= 11 is 8.64. The van der Waals surface area contributed by atoms with Gasteiger partial charge >= 0.3 is 5.69 Å². The summed E-state index contributed by atoms with van der Waals surface area (Å²) in [5.74, 6) is 0.564. The van der Waals surface area contributed by atoms with E-state index in [1.165, 1.54) is 6.20 Å². The SMILES string of the molecule is CC(S)(CS)CCn1c(=O)[nH]c2cccnc2c1=O. The second kappa shape index (κ2) is 5.42. The highest BCUT2D eigenvalue weighted by molar-refractivity contribution is 7.85. The summed E-state index contributed by atoms with van der Waals surface area (Å²) in [6.07, 6.45) is 2.10. The lowest BCUT2D eigenvalue weighted by molar-refractivity contribution is 0.535. The number of aromatic amines is 1. The molecule has 5 nitrogen and oxygen atoms in total. The summed E-state index contributed by atoms with van der Waals surface area (Å²) in [6.45, 7) is 2.21. The molecule has 19 heavy (non-hydrogen) atoms. The van der Waals surface area contributed by atoms with Gasteiger partial charge in [-0.3, -0.25) is 9.36 Å². The molecule has 0 fully saturated rings. The van der Waals surface area contributed by atoms with Crippen molar-refractivity contribution in [3.8, 4) is 0 Å². The minimum Gasteiger partial charge on any atom is -0.305 e. The number of nitrogens with one attached hydrogen (secondary N) is 1. The van der Waals surface area contributed by atoms with E-state index in [0.29, 0.717) is 24.2 Å². The van der Waals surface area contributed by atoms with Crippen LogP contribution in [0.2, 0.25) is 0 Å². The van der Waals surface area contributed by atoms with E-state index in [-0.39, 0.29) is 15.8 Å². The third-order valence-corrected chi connectivity index (χ3v) is 4.29. The molecule has 0 saturated heterocycles. The van der Waals surface area contributed by atoms with E-state index < -0.39 is 5.69 Å². The third kappa shape index (κ3) is 3.03. The molecule has 0 aliphatic rings. The minimum absolute atomic E-state index is 0.272. The van der Waals surface area contributed by atoms with Crippen molar-refractivity contribution in [3.05, 3.63) is 39.2 Å². The quantitative estimate of drug-likeness (QED) is 0.740. The molecule has 1 atom stereocenters. The zero-order chi connectivity index (χ0) is 14.0. The number of rotatable bonds is 4. The molecule has 0 aromatic carbocycles. The number of nitrogens with zero attached hydrogens (tertiary/aromatic N) is 2. The molecule has 2 heterocycles. The number of hydrogen-bond acceptors (Lipinski definition) is 5. The van der Waals surface area contributed by atoms with Gasteiger partial charge in [0.05, 0.1) is 5.52 Å². The van der Waals surface area contributed by atoms with Crippen molar-refractivity contribution >= 4 is 36.3 Å². The van der Waals surface area contributed by atoms with E-state index >= 15 is 0 Å². The molecule has 2 aromatic rings. The Labute approximate surface area is 120 Å². The number of thiol groups is 2. The topological polar surface area (TPSA) is 67.8 Å². The first-order chi connectivity index (χ1) is 8.94. The van der Waals surface area contributed by atoms with E-state index in [1.54, 1.807) is 12.1 Å². The van der Waals surface area contributed by atoms with E-state index in [0.717, 1.165) is 4.57 Å². The highest BCUT2D eigenvalue weighted by atomic mass is 32.1. The number of pyridine rings is 1. The average molecular weight is 297 g/mol. The molecule has 0 aliphatic heterocycles. The fraction of sp³-hybridized carbons (Fsp3) is 0.417. The molecule has 102 valence electrons. The van der Waals surface area contributed by atoms with Crippen LogP contribution < -0.4 is 11.2 Å². The van der Waals surface area contributed by atoms with Crippen molar-refractivity contribution in [3.63, 3.8) is 0 Å². The van der Waals surface area contributed by atoms with Gasteiger partial charge < -0.3 is 4.98 Å². The lowest BCUT2D eigenvalue weighted by atomic mass is 10.1. The predicted octanol–water partition coefficient (Wildman–Crippen LogP) is 1.09. The number of fused-ring (bicyclic) bond motifs is 1. The van der Waals surface area contributed by atoms with Gasteiger partial charge in [-0.2, -0.15) is 25.3 Å². The molecule has 2 aromatic heterocycles. The van der Waals surface area contributed by atoms with Gasteiger partial charge in [0.1, 0.15) is 0 Å². The third-order valence-electron chi connectivity index (χ3n) is 2.96. The van der Waals surface area contributed by atoms with Gasteiger partial charge in [0, 0.05) is 23.2 Å². The highest BCUT2D eigenvalue weighted by Crippen LogP contribution is 2.20. The van der Waals surface area contributed by atoms with Gasteiger partial charge in [-0.25, -0.2) is 9.78 Å². The fourth-order valence-corrected chi connectivity index (χ4v) is 1.97. The Hall–Kier alpha value is -1.21. The molecule has 7 heteroatoms. The largest absolute Gasteiger partial charge is 0.328 e. The molecule has 0 aliphatic carbocycles. The maximum absolute atomic E-state index is 12.2. The minimum atomic E-state index is -0.422. The van der Waals surface area contributed by atoms with Crippen LogP contribution in [0.5, 0.6) is 0 Å². The summed E-state index contributed by atoms with van der Waals surface area (Å²) in [5.41, 5.74) is -0.0677. The van der Waals surface area contributed by atoms with Crippen LogP contribution in [0.3, 0.4) is 0 Å². The Kier molecular flexibility index (Phi) is 4.05. The molecule has 2 rings (SSSR count). The summed E-state index contributed by atoms with van der Waals surface area (Å²) in [7, 11) is 0. The van der Waals surface area contributed by atoms with Crippen LogP contribution in [0, 0.1) is 0 Å². The van der Waals surface area contributed by atoms with Crippen molar-refractivity contribution in [2.75, 3.05) is 5.75 Å². The van der Waals surface area contributed by atoms with Crippen LogP contribution in [-0.4, -0.2) is 25.0 Å². The second-order valence-corrected chi connectivity index (χ2v) is 6.09. The Balaban J connectivity index is 2.44. The van der Waals surface area contributed by atoms with Crippen LogP contribution in [-0.2, 0) is 6.54 Å². The van der Waals surface area contributed by atoms with Crippen molar-refractivity contribution in [2.24, 2.45) is 0 Å². The smallest absolute Gasteiger partial charge is 0.305 e. The highest BCUT2D eigenvalue weighted by Gasteiger charge is 2.18.